The Hall–Kier alpha value is -3.60. The molecule has 7 nitrogen and oxygen atoms in total. The van der Waals surface area contributed by atoms with Crippen molar-refractivity contribution >= 4 is 55.8 Å². The number of carbonyl (C=O) groups excluding carboxylic acids is 1. The second-order valence-corrected chi connectivity index (χ2v) is 12.0. The molecule has 0 saturated heterocycles. The van der Waals surface area contributed by atoms with Gasteiger partial charge in [-0.3, -0.25) is 14.6 Å². The molecule has 0 fully saturated rings. The van der Waals surface area contributed by atoms with Crippen molar-refractivity contribution in [2.24, 2.45) is 4.99 Å². The lowest BCUT2D eigenvalue weighted by molar-refractivity contribution is 0.0949. The maximum atomic E-state index is 14.7. The summed E-state index contributed by atoms with van der Waals surface area (Å²) < 4.78 is 42.6. The number of hydrogen-bond acceptors (Lipinski definition) is 6. The zero-order chi connectivity index (χ0) is 26.2. The molecular formula is C26H19ClFN3O4S2. The van der Waals surface area contributed by atoms with Crippen LogP contribution in [0.1, 0.15) is 20.8 Å². The van der Waals surface area contributed by atoms with Gasteiger partial charge in [-0.15, -0.1) is 11.3 Å². The predicted octanol–water partition coefficient (Wildman–Crippen LogP) is 4.67. The van der Waals surface area contributed by atoms with E-state index < -0.39 is 36.8 Å². The van der Waals surface area contributed by atoms with Crippen LogP contribution in [0.5, 0.6) is 0 Å². The van der Waals surface area contributed by atoms with Gasteiger partial charge in [0.15, 0.2) is 4.87 Å². The fraction of sp³-hybridized carbons (Fsp3) is 0.115. The summed E-state index contributed by atoms with van der Waals surface area (Å²) in [5.41, 5.74) is -0.407. The number of halogens is 2. The van der Waals surface area contributed by atoms with Crippen LogP contribution in [-0.2, 0) is 22.8 Å². The minimum atomic E-state index is -4.32. The van der Waals surface area contributed by atoms with E-state index in [0.717, 1.165) is 28.8 Å². The lowest BCUT2D eigenvalue weighted by Gasteiger charge is -2.24. The Morgan fingerprint density at radius 3 is 2.65 bits per heavy atom. The third kappa shape index (κ3) is 4.63. The zero-order valence-corrected chi connectivity index (χ0v) is 21.5. The normalized spacial score (nSPS) is 16.9. The van der Waals surface area contributed by atoms with Crippen LogP contribution in [0.2, 0.25) is 5.02 Å². The molecule has 1 unspecified atom stereocenters. The number of carbonyl (C=O) groups is 1. The molecule has 0 spiro atoms. The van der Waals surface area contributed by atoms with Crippen molar-refractivity contribution in [3.63, 3.8) is 0 Å². The van der Waals surface area contributed by atoms with Crippen molar-refractivity contribution in [3.8, 4) is 0 Å². The van der Waals surface area contributed by atoms with Crippen LogP contribution in [0.25, 0.3) is 10.9 Å². The van der Waals surface area contributed by atoms with Crippen molar-refractivity contribution in [2.75, 3.05) is 0 Å². The Balaban J connectivity index is 1.54. The molecule has 3 heterocycles. The van der Waals surface area contributed by atoms with Crippen LogP contribution >= 0.6 is 22.9 Å². The molecule has 2 aromatic heterocycles. The number of sulfone groups is 1. The first-order valence-electron chi connectivity index (χ1n) is 11.1. The van der Waals surface area contributed by atoms with Crippen LogP contribution in [-0.4, -0.2) is 30.4 Å². The molecule has 0 radical (unpaired) electrons. The molecule has 1 atom stereocenters. The maximum Gasteiger partial charge on any atom is 0.257 e. The van der Waals surface area contributed by atoms with Crippen molar-refractivity contribution in [3.05, 3.63) is 109 Å². The van der Waals surface area contributed by atoms with E-state index in [4.69, 9.17) is 11.6 Å². The highest BCUT2D eigenvalue weighted by molar-refractivity contribution is 7.93. The van der Waals surface area contributed by atoms with Gasteiger partial charge < -0.3 is 10.3 Å². The molecule has 2 N–H and O–H groups in total. The lowest BCUT2D eigenvalue weighted by Crippen LogP contribution is -2.36. The topological polar surface area (TPSA) is 108 Å². The van der Waals surface area contributed by atoms with Crippen molar-refractivity contribution < 1.29 is 17.6 Å². The first kappa shape index (κ1) is 25.1. The summed E-state index contributed by atoms with van der Waals surface area (Å²) in [6, 6.07) is 12.2. The first-order chi connectivity index (χ1) is 17.7. The number of H-pyrrole nitrogens is 1. The smallest absolute Gasteiger partial charge is 0.257 e. The van der Waals surface area contributed by atoms with E-state index in [1.54, 1.807) is 36.4 Å². The summed E-state index contributed by atoms with van der Waals surface area (Å²) in [6.45, 7) is 0.131. The van der Waals surface area contributed by atoms with E-state index >= 15 is 0 Å². The van der Waals surface area contributed by atoms with Gasteiger partial charge in [-0.25, -0.2) is 12.8 Å². The highest BCUT2D eigenvalue weighted by Crippen LogP contribution is 2.37. The van der Waals surface area contributed by atoms with Gasteiger partial charge in [-0.1, -0.05) is 29.8 Å². The lowest BCUT2D eigenvalue weighted by atomic mass is 10.1. The van der Waals surface area contributed by atoms with Gasteiger partial charge in [-0.05, 0) is 53.4 Å². The summed E-state index contributed by atoms with van der Waals surface area (Å²) in [6.07, 6.45) is 5.55. The molecule has 1 aliphatic heterocycles. The largest absolute Gasteiger partial charge is 0.359 e. The molecule has 37 heavy (non-hydrogen) atoms. The number of aromatic nitrogens is 1. The van der Waals surface area contributed by atoms with E-state index in [2.05, 4.69) is 15.3 Å². The Morgan fingerprint density at radius 2 is 1.97 bits per heavy atom. The van der Waals surface area contributed by atoms with E-state index in [0.29, 0.717) is 5.02 Å². The summed E-state index contributed by atoms with van der Waals surface area (Å²) >= 11 is 7.25. The van der Waals surface area contributed by atoms with Gasteiger partial charge in [-0.2, -0.15) is 0 Å². The second kappa shape index (κ2) is 9.70. The summed E-state index contributed by atoms with van der Waals surface area (Å²) in [7, 11) is -4.32. The minimum absolute atomic E-state index is 0.0490. The Kier molecular flexibility index (Phi) is 6.57. The average molecular weight is 556 g/mol. The van der Waals surface area contributed by atoms with Gasteiger partial charge in [0.05, 0.1) is 15.8 Å². The van der Waals surface area contributed by atoms with Crippen LogP contribution < -0.4 is 10.7 Å². The van der Waals surface area contributed by atoms with Gasteiger partial charge in [0.1, 0.15) is 11.4 Å². The van der Waals surface area contributed by atoms with Crippen molar-refractivity contribution in [1.29, 1.82) is 0 Å². The summed E-state index contributed by atoms with van der Waals surface area (Å²) in [5.74, 6) is -1.61. The molecule has 11 heteroatoms. The number of thiophene rings is 1. The molecule has 1 amide bonds. The molecule has 0 bridgehead atoms. The minimum Gasteiger partial charge on any atom is -0.359 e. The highest BCUT2D eigenvalue weighted by Gasteiger charge is 2.45. The first-order valence-corrected chi connectivity index (χ1v) is 13.8. The number of benzene rings is 2. The predicted molar refractivity (Wildman–Crippen MR) is 143 cm³/mol. The standard InChI is InChI=1S/C26H19ClFN3O4S2/c27-17-6-4-16(5-7-17)14-30-25(33)21-15-29-23-20(24(21)32)11-18(28)12-22(23)37(34,35)26(8-2-9-31-26)13-19-3-1-10-36-19/h1-12,15H,13-14H2,(H,29,32)(H,30,33). The van der Waals surface area contributed by atoms with Gasteiger partial charge >= 0.3 is 0 Å². The Morgan fingerprint density at radius 1 is 1.19 bits per heavy atom. The molecule has 0 saturated carbocycles. The van der Waals surface area contributed by atoms with Gasteiger partial charge in [0.25, 0.3) is 5.91 Å². The average Bonchev–Trinajstić information content (AvgIpc) is 3.57. The molecule has 5 rings (SSSR count). The fourth-order valence-electron chi connectivity index (χ4n) is 4.14. The third-order valence-corrected chi connectivity index (χ3v) is 9.37. The fourth-order valence-corrected chi connectivity index (χ4v) is 7.04. The number of amides is 1. The number of allylic oxidation sites excluding steroid dienone is 1. The van der Waals surface area contributed by atoms with Gasteiger partial charge in [0.2, 0.25) is 15.3 Å². The monoisotopic (exact) mass is 555 g/mol. The van der Waals surface area contributed by atoms with Crippen LogP contribution in [0.15, 0.2) is 86.9 Å². The molecular weight excluding hydrogens is 537 g/mol. The number of hydrogen-bond donors (Lipinski definition) is 2. The molecule has 0 aliphatic carbocycles. The maximum absolute atomic E-state index is 14.7. The number of aromatic amines is 1. The van der Waals surface area contributed by atoms with Crippen molar-refractivity contribution in [1.82, 2.24) is 10.3 Å². The van der Waals surface area contributed by atoms with E-state index in [-0.39, 0.29) is 29.4 Å². The number of fused-ring (bicyclic) bond motifs is 1. The third-order valence-electron chi connectivity index (χ3n) is 6.03. The van der Waals surface area contributed by atoms with Crippen molar-refractivity contribution in [2.45, 2.75) is 22.7 Å². The van der Waals surface area contributed by atoms with Crippen LogP contribution in [0, 0.1) is 5.82 Å². The van der Waals surface area contributed by atoms with Crippen LogP contribution in [0.4, 0.5) is 4.39 Å². The molecule has 2 aromatic carbocycles. The number of pyridine rings is 1. The SMILES string of the molecule is O=C(NCc1ccc(Cl)cc1)c1c[nH]c2c(S(=O)(=O)C3(Cc4cccs4)C=CC=N3)cc(F)cc2c1=O. The van der Waals surface area contributed by atoms with Crippen LogP contribution in [0.3, 0.4) is 0 Å². The Bertz CT molecular complexity index is 1720. The summed E-state index contributed by atoms with van der Waals surface area (Å²) in [5, 5.41) is 4.75. The molecule has 1 aliphatic rings. The highest BCUT2D eigenvalue weighted by atomic mass is 35.5. The van der Waals surface area contributed by atoms with Gasteiger partial charge in [0, 0.05) is 35.3 Å². The zero-order valence-electron chi connectivity index (χ0n) is 19.1. The number of nitrogens with zero attached hydrogens (tertiary/aromatic N) is 1. The van der Waals surface area contributed by atoms with E-state index in [1.165, 1.54) is 29.7 Å². The molecule has 4 aromatic rings. The summed E-state index contributed by atoms with van der Waals surface area (Å²) in [4.78, 5) is 31.6. The quantitative estimate of drug-likeness (QED) is 0.345. The number of nitrogens with one attached hydrogen (secondary N) is 2. The van der Waals surface area contributed by atoms with E-state index in [1.807, 2.05) is 5.38 Å². The second-order valence-electron chi connectivity index (χ2n) is 8.41. The Labute approximate surface area is 220 Å². The number of aliphatic imine (C=N–C) groups is 1. The van der Waals surface area contributed by atoms with E-state index in [9.17, 15) is 22.4 Å². The molecule has 188 valence electrons. The number of rotatable bonds is 7.